The number of carbonyl (C=O) groups excluding carboxylic acids is 1. The Morgan fingerprint density at radius 3 is 2.21 bits per heavy atom. The lowest BCUT2D eigenvalue weighted by Gasteiger charge is -2.28. The molecule has 0 radical (unpaired) electrons. The third-order valence-corrected chi connectivity index (χ3v) is 7.35. The Morgan fingerprint density at radius 1 is 0.929 bits per heavy atom. The van der Waals surface area contributed by atoms with Crippen LogP contribution in [0.3, 0.4) is 0 Å². The van der Waals surface area contributed by atoms with Gasteiger partial charge in [-0.3, -0.25) is 9.10 Å². The Balaban J connectivity index is 2.00. The molecule has 1 aliphatic rings. The number of hydrogen-bond donors (Lipinski definition) is 0. The van der Waals surface area contributed by atoms with Crippen LogP contribution < -0.4 is 4.31 Å². The average Bonchev–Trinajstić information content (AvgIpc) is 2.98. The number of carbonyl (C=O) groups is 1. The monoisotopic (exact) mass is 440 g/mol. The smallest absolute Gasteiger partial charge is 0.264 e. The topological polar surface area (TPSA) is 57.7 Å². The molecular weight excluding hydrogens is 419 g/mol. The number of anilines is 1. The van der Waals surface area contributed by atoms with E-state index in [1.54, 1.807) is 41.3 Å². The summed E-state index contributed by atoms with van der Waals surface area (Å²) < 4.78 is 27.7. The van der Waals surface area contributed by atoms with Gasteiger partial charge in [-0.25, -0.2) is 8.42 Å². The van der Waals surface area contributed by atoms with Crippen molar-refractivity contribution >= 4 is 44.8 Å². The molecular formula is C20H22Cl2N2O3S. The van der Waals surface area contributed by atoms with E-state index < -0.39 is 10.0 Å². The molecule has 0 unspecified atom stereocenters. The largest absolute Gasteiger partial charge is 0.341 e. The van der Waals surface area contributed by atoms with Gasteiger partial charge in [0.2, 0.25) is 5.91 Å². The van der Waals surface area contributed by atoms with E-state index in [4.69, 9.17) is 23.2 Å². The average molecular weight is 441 g/mol. The molecule has 0 atom stereocenters. The molecule has 0 N–H and O–H groups in total. The summed E-state index contributed by atoms with van der Waals surface area (Å²) in [5.74, 6) is -0.238. The molecule has 1 fully saturated rings. The van der Waals surface area contributed by atoms with E-state index >= 15 is 0 Å². The zero-order valence-corrected chi connectivity index (χ0v) is 17.7. The second kappa shape index (κ2) is 9.16. The number of amides is 1. The third kappa shape index (κ3) is 4.62. The van der Waals surface area contributed by atoms with Crippen molar-refractivity contribution in [2.24, 2.45) is 0 Å². The number of nitrogens with zero attached hydrogens (tertiary/aromatic N) is 2. The Kier molecular flexibility index (Phi) is 6.86. The van der Waals surface area contributed by atoms with Gasteiger partial charge in [0.05, 0.1) is 20.6 Å². The molecule has 0 aliphatic carbocycles. The minimum Gasteiger partial charge on any atom is -0.341 e. The van der Waals surface area contributed by atoms with Crippen LogP contribution in [0.25, 0.3) is 0 Å². The first kappa shape index (κ1) is 21.0. The van der Waals surface area contributed by atoms with Gasteiger partial charge in [0.15, 0.2) is 0 Å². The summed E-state index contributed by atoms with van der Waals surface area (Å²) in [5, 5.41) is 0.335. The Bertz CT molecular complexity index is 928. The first-order chi connectivity index (χ1) is 13.4. The summed E-state index contributed by atoms with van der Waals surface area (Å²) in [5.41, 5.74) is 0.196. The maximum atomic E-state index is 13.3. The predicted octanol–water partition coefficient (Wildman–Crippen LogP) is 4.59. The van der Waals surface area contributed by atoms with E-state index in [2.05, 4.69) is 0 Å². The summed E-state index contributed by atoms with van der Waals surface area (Å²) in [6.45, 7) is 0.958. The van der Waals surface area contributed by atoms with Gasteiger partial charge in [0.1, 0.15) is 6.54 Å². The predicted molar refractivity (Wildman–Crippen MR) is 112 cm³/mol. The highest BCUT2D eigenvalue weighted by molar-refractivity contribution is 7.92. The van der Waals surface area contributed by atoms with Crippen LogP contribution in [0.15, 0.2) is 53.4 Å². The number of halogens is 2. The fourth-order valence-electron chi connectivity index (χ4n) is 3.25. The fraction of sp³-hybridized carbons (Fsp3) is 0.350. The van der Waals surface area contributed by atoms with Gasteiger partial charge >= 0.3 is 0 Å². The molecule has 1 saturated heterocycles. The number of rotatable bonds is 5. The molecule has 1 aliphatic heterocycles. The molecule has 2 aromatic rings. The maximum absolute atomic E-state index is 13.3. The number of likely N-dealkylation sites (tertiary alicyclic amines) is 1. The minimum absolute atomic E-state index is 0.0923. The summed E-state index contributed by atoms with van der Waals surface area (Å²) >= 11 is 12.4. The van der Waals surface area contributed by atoms with Gasteiger partial charge in [-0.15, -0.1) is 0 Å². The van der Waals surface area contributed by atoms with Crippen molar-refractivity contribution < 1.29 is 13.2 Å². The number of hydrogen-bond acceptors (Lipinski definition) is 3. The van der Waals surface area contributed by atoms with Crippen LogP contribution >= 0.6 is 23.2 Å². The highest BCUT2D eigenvalue weighted by atomic mass is 35.5. The van der Waals surface area contributed by atoms with Crippen molar-refractivity contribution in [3.8, 4) is 0 Å². The van der Waals surface area contributed by atoms with Crippen LogP contribution in [0.1, 0.15) is 25.7 Å². The van der Waals surface area contributed by atoms with Crippen molar-refractivity contribution in [2.75, 3.05) is 23.9 Å². The van der Waals surface area contributed by atoms with Gasteiger partial charge < -0.3 is 4.90 Å². The molecule has 2 aromatic carbocycles. The lowest BCUT2D eigenvalue weighted by atomic mass is 10.2. The van der Waals surface area contributed by atoms with Gasteiger partial charge in [0.25, 0.3) is 10.0 Å². The van der Waals surface area contributed by atoms with Gasteiger partial charge in [0, 0.05) is 13.1 Å². The van der Waals surface area contributed by atoms with Gasteiger partial charge in [-0.2, -0.15) is 0 Å². The summed E-state index contributed by atoms with van der Waals surface area (Å²) in [7, 11) is -3.99. The Hall–Kier alpha value is -1.76. The standard InChI is InChI=1S/C20H22Cl2N2O3S/c21-17-11-8-12-18(20(17)22)24(28(26,27)16-9-4-3-5-10-16)15-19(25)23-13-6-1-2-7-14-23/h3-5,8-12H,1-2,6-7,13-15H2. The molecule has 5 nitrogen and oxygen atoms in total. The quantitative estimate of drug-likeness (QED) is 0.682. The summed E-state index contributed by atoms with van der Waals surface area (Å²) in [6.07, 6.45) is 4.01. The summed E-state index contributed by atoms with van der Waals surface area (Å²) in [6, 6.07) is 12.8. The molecule has 0 aromatic heterocycles. The molecule has 8 heteroatoms. The van der Waals surface area contributed by atoms with Crippen molar-refractivity contribution in [3.63, 3.8) is 0 Å². The molecule has 28 heavy (non-hydrogen) atoms. The van der Waals surface area contributed by atoms with E-state index in [0.29, 0.717) is 13.1 Å². The molecule has 1 heterocycles. The van der Waals surface area contributed by atoms with Crippen molar-refractivity contribution in [3.05, 3.63) is 58.6 Å². The second-order valence-electron chi connectivity index (χ2n) is 6.69. The van der Waals surface area contributed by atoms with E-state index in [0.717, 1.165) is 30.0 Å². The first-order valence-corrected chi connectivity index (χ1v) is 11.4. The third-order valence-electron chi connectivity index (χ3n) is 4.77. The zero-order valence-electron chi connectivity index (χ0n) is 15.4. The molecule has 1 amide bonds. The van der Waals surface area contributed by atoms with E-state index in [1.807, 2.05) is 0 Å². The number of sulfonamides is 1. The van der Waals surface area contributed by atoms with E-state index in [1.165, 1.54) is 12.1 Å². The van der Waals surface area contributed by atoms with Gasteiger partial charge in [-0.1, -0.05) is 60.3 Å². The molecule has 0 spiro atoms. The van der Waals surface area contributed by atoms with E-state index in [9.17, 15) is 13.2 Å². The first-order valence-electron chi connectivity index (χ1n) is 9.21. The lowest BCUT2D eigenvalue weighted by molar-refractivity contribution is -0.129. The molecule has 0 bridgehead atoms. The van der Waals surface area contributed by atoms with Crippen molar-refractivity contribution in [2.45, 2.75) is 30.6 Å². The zero-order chi connectivity index (χ0) is 20.1. The van der Waals surface area contributed by atoms with Crippen LogP contribution in [0, 0.1) is 0 Å². The van der Waals surface area contributed by atoms with Gasteiger partial charge in [-0.05, 0) is 37.1 Å². The molecule has 0 saturated carbocycles. The maximum Gasteiger partial charge on any atom is 0.264 e. The Labute approximate surface area is 175 Å². The minimum atomic E-state index is -3.99. The van der Waals surface area contributed by atoms with E-state index in [-0.39, 0.29) is 33.1 Å². The summed E-state index contributed by atoms with van der Waals surface area (Å²) in [4.78, 5) is 14.8. The van der Waals surface area contributed by atoms with Crippen LogP contribution in [0.4, 0.5) is 5.69 Å². The Morgan fingerprint density at radius 2 is 1.57 bits per heavy atom. The van der Waals surface area contributed by atoms with Crippen molar-refractivity contribution in [1.29, 1.82) is 0 Å². The van der Waals surface area contributed by atoms with Crippen LogP contribution in [0.2, 0.25) is 10.0 Å². The highest BCUT2D eigenvalue weighted by Crippen LogP contribution is 2.35. The van der Waals surface area contributed by atoms with Crippen molar-refractivity contribution in [1.82, 2.24) is 4.90 Å². The highest BCUT2D eigenvalue weighted by Gasteiger charge is 2.30. The van der Waals surface area contributed by atoms with Crippen LogP contribution in [-0.2, 0) is 14.8 Å². The van der Waals surface area contributed by atoms with Crippen LogP contribution in [0.5, 0.6) is 0 Å². The lowest BCUT2D eigenvalue weighted by Crippen LogP contribution is -2.43. The SMILES string of the molecule is O=C(CN(c1cccc(Cl)c1Cl)S(=O)(=O)c1ccccc1)N1CCCCCC1. The molecule has 150 valence electrons. The van der Waals surface area contributed by atoms with Crippen LogP contribution in [-0.4, -0.2) is 38.9 Å². The fourth-order valence-corrected chi connectivity index (χ4v) is 5.14. The second-order valence-corrected chi connectivity index (χ2v) is 9.34. The number of benzene rings is 2. The molecule has 3 rings (SSSR count). The normalized spacial score (nSPS) is 15.1.